The van der Waals surface area contributed by atoms with Crippen LogP contribution < -0.4 is 0 Å². The van der Waals surface area contributed by atoms with Gasteiger partial charge in [0.25, 0.3) is 0 Å². The van der Waals surface area contributed by atoms with Crippen LogP contribution in [0.5, 0.6) is 5.75 Å². The smallest absolute Gasteiger partial charge is 0.178 e. The maximum absolute atomic E-state index is 10.9. The summed E-state index contributed by atoms with van der Waals surface area (Å²) < 4.78 is 0. The number of phenols is 1. The van der Waals surface area contributed by atoms with E-state index >= 15 is 0 Å². The summed E-state index contributed by atoms with van der Waals surface area (Å²) in [6, 6.07) is 2.17. The van der Waals surface area contributed by atoms with Crippen molar-refractivity contribution in [3.63, 3.8) is 0 Å². The highest BCUT2D eigenvalue weighted by molar-refractivity contribution is 5.96. The first-order valence-corrected chi connectivity index (χ1v) is 3.64. The molecule has 0 heterocycles. The van der Waals surface area contributed by atoms with Crippen LogP contribution >= 0.6 is 0 Å². The van der Waals surface area contributed by atoms with E-state index in [1.54, 1.807) is 0 Å². The topological polar surface area (TPSA) is 96.2 Å². The minimum atomic E-state index is -0.526. The standard InChI is InChI=1S/C8H6N2O4/c1-4(11)5-2-6(9-13)8(10-14)7(12)3-5/h2-3,12H,1H3. The first-order chi connectivity index (χ1) is 6.60. The van der Waals surface area contributed by atoms with Gasteiger partial charge >= 0.3 is 0 Å². The predicted molar refractivity (Wildman–Crippen MR) is 49.0 cm³/mol. The number of nitrogens with zero attached hydrogens (tertiary/aromatic N) is 2. The minimum absolute atomic E-state index is 0.101. The molecule has 0 spiro atoms. The molecule has 1 aromatic carbocycles. The van der Waals surface area contributed by atoms with Crippen LogP contribution in [0.15, 0.2) is 22.5 Å². The lowest BCUT2D eigenvalue weighted by Crippen LogP contribution is -1.90. The summed E-state index contributed by atoms with van der Waals surface area (Å²) in [4.78, 5) is 31.3. The first-order valence-electron chi connectivity index (χ1n) is 3.64. The molecule has 6 heteroatoms. The van der Waals surface area contributed by atoms with E-state index in [0.717, 1.165) is 12.1 Å². The molecule has 72 valence electrons. The van der Waals surface area contributed by atoms with Gasteiger partial charge in [0.15, 0.2) is 11.5 Å². The van der Waals surface area contributed by atoms with E-state index < -0.39 is 11.4 Å². The summed E-state index contributed by atoms with van der Waals surface area (Å²) in [5, 5.41) is 14.1. The normalized spacial score (nSPS) is 9.50. The van der Waals surface area contributed by atoms with Gasteiger partial charge in [0.1, 0.15) is 11.4 Å². The molecule has 0 radical (unpaired) electrons. The van der Waals surface area contributed by atoms with Gasteiger partial charge in [-0.15, -0.1) is 9.81 Å². The van der Waals surface area contributed by atoms with Crippen molar-refractivity contribution < 1.29 is 9.90 Å². The van der Waals surface area contributed by atoms with Crippen LogP contribution in [-0.4, -0.2) is 10.9 Å². The SMILES string of the molecule is CC(=O)c1cc(O)c(N=O)c(N=O)c1. The zero-order valence-electron chi connectivity index (χ0n) is 7.22. The number of carbonyl (C=O) groups is 1. The average molecular weight is 194 g/mol. The van der Waals surface area contributed by atoms with Gasteiger partial charge < -0.3 is 5.11 Å². The van der Waals surface area contributed by atoms with Crippen molar-refractivity contribution in [1.29, 1.82) is 0 Å². The lowest BCUT2D eigenvalue weighted by molar-refractivity contribution is 0.101. The van der Waals surface area contributed by atoms with Crippen LogP contribution in [0.3, 0.4) is 0 Å². The van der Waals surface area contributed by atoms with Crippen molar-refractivity contribution in [2.24, 2.45) is 10.4 Å². The van der Waals surface area contributed by atoms with Gasteiger partial charge in [-0.3, -0.25) is 4.79 Å². The second kappa shape index (κ2) is 3.73. The fraction of sp³-hybridized carbons (Fsp3) is 0.125. The number of aromatic hydroxyl groups is 1. The molecular formula is C8H6N2O4. The summed E-state index contributed by atoms with van der Waals surface area (Å²) in [5.74, 6) is -0.870. The van der Waals surface area contributed by atoms with Gasteiger partial charge in [-0.1, -0.05) is 0 Å². The van der Waals surface area contributed by atoms with Crippen LogP contribution in [0.4, 0.5) is 11.4 Å². The highest BCUT2D eigenvalue weighted by atomic mass is 16.3. The Hall–Kier alpha value is -2.11. The Balaban J connectivity index is 3.45. The molecule has 0 amide bonds. The maximum atomic E-state index is 10.9. The summed E-state index contributed by atoms with van der Waals surface area (Å²) >= 11 is 0. The molecule has 0 aliphatic heterocycles. The van der Waals surface area contributed by atoms with Crippen LogP contribution in [0.1, 0.15) is 17.3 Å². The van der Waals surface area contributed by atoms with E-state index in [9.17, 15) is 19.7 Å². The molecule has 0 saturated heterocycles. The van der Waals surface area contributed by atoms with Gasteiger partial charge in [-0.25, -0.2) is 0 Å². The van der Waals surface area contributed by atoms with Crippen molar-refractivity contribution >= 4 is 17.2 Å². The third-order valence-electron chi connectivity index (χ3n) is 1.67. The van der Waals surface area contributed by atoms with E-state index in [4.69, 9.17) is 0 Å². The number of Topliss-reactive ketones (excluding diaryl/α,β-unsaturated/α-hetero) is 1. The van der Waals surface area contributed by atoms with Gasteiger partial charge in [0, 0.05) is 5.56 Å². The zero-order valence-corrected chi connectivity index (χ0v) is 7.22. The number of hydrogen-bond donors (Lipinski definition) is 1. The molecule has 1 aromatic rings. The molecule has 0 fully saturated rings. The van der Waals surface area contributed by atoms with Crippen molar-refractivity contribution in [2.75, 3.05) is 0 Å². The average Bonchev–Trinajstić information content (AvgIpc) is 2.16. The Morgan fingerprint density at radius 3 is 2.36 bits per heavy atom. The van der Waals surface area contributed by atoms with Crippen LogP contribution in [0.2, 0.25) is 0 Å². The van der Waals surface area contributed by atoms with E-state index in [-0.39, 0.29) is 17.0 Å². The van der Waals surface area contributed by atoms with Gasteiger partial charge in [0.2, 0.25) is 0 Å². The first kappa shape index (κ1) is 9.97. The zero-order chi connectivity index (χ0) is 10.7. The van der Waals surface area contributed by atoms with Crippen LogP contribution in [0.25, 0.3) is 0 Å². The summed E-state index contributed by atoms with van der Waals surface area (Å²) in [5.41, 5.74) is -0.695. The van der Waals surface area contributed by atoms with Gasteiger partial charge in [0.05, 0.1) is 0 Å². The van der Waals surface area contributed by atoms with E-state index in [0.29, 0.717) is 0 Å². The Morgan fingerprint density at radius 1 is 1.29 bits per heavy atom. The maximum Gasteiger partial charge on any atom is 0.178 e. The molecular weight excluding hydrogens is 188 g/mol. The highest BCUT2D eigenvalue weighted by Crippen LogP contribution is 2.37. The summed E-state index contributed by atoms with van der Waals surface area (Å²) in [6.07, 6.45) is 0. The number of benzene rings is 1. The highest BCUT2D eigenvalue weighted by Gasteiger charge is 2.13. The quantitative estimate of drug-likeness (QED) is 0.590. The Morgan fingerprint density at radius 2 is 1.93 bits per heavy atom. The van der Waals surface area contributed by atoms with Crippen molar-refractivity contribution in [3.8, 4) is 5.75 Å². The molecule has 1 rings (SSSR count). The molecule has 0 atom stereocenters. The molecule has 0 aromatic heterocycles. The Bertz CT molecular complexity index is 414. The number of hydrogen-bond acceptors (Lipinski definition) is 6. The lowest BCUT2D eigenvalue weighted by Gasteiger charge is -2.00. The molecule has 1 N–H and O–H groups in total. The van der Waals surface area contributed by atoms with E-state index in [1.807, 2.05) is 0 Å². The van der Waals surface area contributed by atoms with E-state index in [1.165, 1.54) is 6.92 Å². The van der Waals surface area contributed by atoms with Crippen molar-refractivity contribution in [2.45, 2.75) is 6.92 Å². The fourth-order valence-electron chi connectivity index (χ4n) is 0.971. The minimum Gasteiger partial charge on any atom is -0.505 e. The van der Waals surface area contributed by atoms with E-state index in [2.05, 4.69) is 10.4 Å². The number of nitroso groups, excluding NO2 is 2. The van der Waals surface area contributed by atoms with Gasteiger partial charge in [-0.2, -0.15) is 0 Å². The molecule has 0 bridgehead atoms. The fourth-order valence-corrected chi connectivity index (χ4v) is 0.971. The number of rotatable bonds is 3. The number of ketones is 1. The lowest BCUT2D eigenvalue weighted by atomic mass is 10.1. The molecule has 0 aliphatic carbocycles. The second-order valence-corrected chi connectivity index (χ2v) is 2.60. The third kappa shape index (κ3) is 1.63. The second-order valence-electron chi connectivity index (χ2n) is 2.60. The van der Waals surface area contributed by atoms with Crippen molar-refractivity contribution in [3.05, 3.63) is 27.5 Å². The molecule has 14 heavy (non-hydrogen) atoms. The summed E-state index contributed by atoms with van der Waals surface area (Å²) in [7, 11) is 0. The number of phenolic OH excluding ortho intramolecular Hbond substituents is 1. The Labute approximate surface area is 78.5 Å². The predicted octanol–water partition coefficient (Wildman–Crippen LogP) is 2.39. The third-order valence-corrected chi connectivity index (χ3v) is 1.67. The molecule has 0 unspecified atom stereocenters. The monoisotopic (exact) mass is 194 g/mol. The number of carbonyl (C=O) groups excluding carboxylic acids is 1. The summed E-state index contributed by atoms with van der Waals surface area (Å²) in [6.45, 7) is 1.26. The van der Waals surface area contributed by atoms with Gasteiger partial charge in [-0.05, 0) is 29.4 Å². The Kier molecular flexibility index (Phi) is 2.66. The molecule has 0 aliphatic rings. The van der Waals surface area contributed by atoms with Crippen LogP contribution in [-0.2, 0) is 0 Å². The van der Waals surface area contributed by atoms with Crippen LogP contribution in [0, 0.1) is 9.81 Å². The molecule has 0 saturated carbocycles. The molecule has 6 nitrogen and oxygen atoms in total. The van der Waals surface area contributed by atoms with Crippen molar-refractivity contribution in [1.82, 2.24) is 0 Å². The largest absolute Gasteiger partial charge is 0.505 e.